The third-order valence-corrected chi connectivity index (χ3v) is 4.81. The quantitative estimate of drug-likeness (QED) is 0.297. The lowest BCUT2D eigenvalue weighted by molar-refractivity contribution is -0.385. The van der Waals surface area contributed by atoms with E-state index in [4.69, 9.17) is 4.74 Å². The highest BCUT2D eigenvalue weighted by Gasteiger charge is 2.25. The van der Waals surface area contributed by atoms with Crippen molar-refractivity contribution in [2.24, 2.45) is 0 Å². The molecule has 0 radical (unpaired) electrons. The molecule has 0 amide bonds. The standard InChI is InChI=1S/C23H15N5O3/c29-28(30)21-22(27-20-9-3-8-19-18(20)7-4-12-24-19)25-14-26-23(21)31-17-11-10-15-5-1-2-6-16(15)13-17/h1-14H,(H,25,26,27). The molecule has 31 heavy (non-hydrogen) atoms. The summed E-state index contributed by atoms with van der Waals surface area (Å²) >= 11 is 0. The normalized spacial score (nSPS) is 10.8. The van der Waals surface area contributed by atoms with Gasteiger partial charge in [-0.25, -0.2) is 4.98 Å². The molecule has 0 bridgehead atoms. The maximum absolute atomic E-state index is 11.9. The summed E-state index contributed by atoms with van der Waals surface area (Å²) in [6.07, 6.45) is 2.92. The first-order chi connectivity index (χ1) is 15.2. The van der Waals surface area contributed by atoms with Gasteiger partial charge in [-0.15, -0.1) is 0 Å². The number of pyridine rings is 1. The van der Waals surface area contributed by atoms with Gasteiger partial charge < -0.3 is 10.1 Å². The van der Waals surface area contributed by atoms with Crippen LogP contribution in [-0.2, 0) is 0 Å². The molecule has 0 saturated carbocycles. The zero-order chi connectivity index (χ0) is 21.2. The van der Waals surface area contributed by atoms with E-state index in [1.54, 1.807) is 24.4 Å². The van der Waals surface area contributed by atoms with Crippen LogP contribution in [0.3, 0.4) is 0 Å². The maximum Gasteiger partial charge on any atom is 0.373 e. The minimum Gasteiger partial charge on any atom is -0.434 e. The van der Waals surface area contributed by atoms with E-state index in [0.717, 1.165) is 21.7 Å². The van der Waals surface area contributed by atoms with Crippen LogP contribution in [0.2, 0.25) is 0 Å². The number of nitrogens with zero attached hydrogens (tertiary/aromatic N) is 4. The molecular formula is C23H15N5O3. The Bertz CT molecular complexity index is 1430. The largest absolute Gasteiger partial charge is 0.434 e. The number of nitro groups is 1. The van der Waals surface area contributed by atoms with Gasteiger partial charge >= 0.3 is 11.6 Å². The summed E-state index contributed by atoms with van der Waals surface area (Å²) in [7, 11) is 0. The average molecular weight is 409 g/mol. The van der Waals surface area contributed by atoms with Crippen LogP contribution in [-0.4, -0.2) is 19.9 Å². The third-order valence-electron chi connectivity index (χ3n) is 4.81. The minimum absolute atomic E-state index is 0.0344. The lowest BCUT2D eigenvalue weighted by atomic mass is 10.1. The molecule has 5 aromatic rings. The number of nitrogens with one attached hydrogen (secondary N) is 1. The smallest absolute Gasteiger partial charge is 0.373 e. The van der Waals surface area contributed by atoms with E-state index in [2.05, 4.69) is 20.3 Å². The Morgan fingerprint density at radius 2 is 1.74 bits per heavy atom. The molecule has 0 aliphatic carbocycles. The first-order valence-corrected chi connectivity index (χ1v) is 9.46. The molecule has 0 spiro atoms. The third kappa shape index (κ3) is 3.58. The number of hydrogen-bond acceptors (Lipinski definition) is 7. The van der Waals surface area contributed by atoms with Gasteiger partial charge in [0.1, 0.15) is 12.1 Å². The minimum atomic E-state index is -0.553. The van der Waals surface area contributed by atoms with Gasteiger partial charge in [0, 0.05) is 17.3 Å². The molecule has 0 saturated heterocycles. The fourth-order valence-electron chi connectivity index (χ4n) is 3.38. The molecule has 3 aromatic carbocycles. The van der Waals surface area contributed by atoms with Crippen LogP contribution in [0.4, 0.5) is 17.2 Å². The summed E-state index contributed by atoms with van der Waals surface area (Å²) in [6.45, 7) is 0. The second kappa shape index (κ2) is 7.68. The molecule has 8 nitrogen and oxygen atoms in total. The van der Waals surface area contributed by atoms with E-state index in [9.17, 15) is 10.1 Å². The zero-order valence-corrected chi connectivity index (χ0v) is 16.1. The SMILES string of the molecule is O=[N+]([O-])c1c(Nc2cccc3ncccc23)ncnc1Oc1ccc2ccccc2c1. The number of anilines is 2. The number of ether oxygens (including phenoxy) is 1. The van der Waals surface area contributed by atoms with E-state index in [1.165, 1.54) is 6.33 Å². The average Bonchev–Trinajstić information content (AvgIpc) is 2.79. The summed E-state index contributed by atoms with van der Waals surface area (Å²) in [4.78, 5) is 23.7. The fourth-order valence-corrected chi connectivity index (χ4v) is 3.38. The molecule has 2 heterocycles. The molecule has 0 atom stereocenters. The van der Waals surface area contributed by atoms with Crippen LogP contribution in [0.1, 0.15) is 0 Å². The van der Waals surface area contributed by atoms with Crippen molar-refractivity contribution in [3.05, 3.63) is 95.4 Å². The van der Waals surface area contributed by atoms with Crippen molar-refractivity contribution >= 4 is 38.9 Å². The summed E-state index contributed by atoms with van der Waals surface area (Å²) in [5.41, 5.74) is 1.05. The molecule has 5 rings (SSSR count). The predicted molar refractivity (Wildman–Crippen MR) is 118 cm³/mol. The van der Waals surface area contributed by atoms with Crippen LogP contribution >= 0.6 is 0 Å². The number of rotatable bonds is 5. The summed E-state index contributed by atoms with van der Waals surface area (Å²) < 4.78 is 5.80. The molecule has 8 heteroatoms. The Hall–Kier alpha value is -4.59. The Labute approximate surface area is 176 Å². The van der Waals surface area contributed by atoms with Gasteiger partial charge in [-0.05, 0) is 47.2 Å². The first kappa shape index (κ1) is 18.4. The molecule has 0 aliphatic heterocycles. The van der Waals surface area contributed by atoms with Crippen molar-refractivity contribution in [1.82, 2.24) is 15.0 Å². The van der Waals surface area contributed by atoms with Crippen LogP contribution < -0.4 is 10.1 Å². The van der Waals surface area contributed by atoms with E-state index in [0.29, 0.717) is 11.4 Å². The Balaban J connectivity index is 1.54. The molecule has 0 fully saturated rings. The van der Waals surface area contributed by atoms with Crippen LogP contribution in [0, 0.1) is 10.1 Å². The topological polar surface area (TPSA) is 103 Å². The van der Waals surface area contributed by atoms with Crippen LogP contribution in [0.5, 0.6) is 11.6 Å². The van der Waals surface area contributed by atoms with Crippen LogP contribution in [0.25, 0.3) is 21.7 Å². The van der Waals surface area contributed by atoms with Crippen LogP contribution in [0.15, 0.2) is 85.3 Å². The molecule has 0 aliphatic rings. The summed E-state index contributed by atoms with van der Waals surface area (Å²) in [5.74, 6) is 0.337. The molecule has 150 valence electrons. The monoisotopic (exact) mass is 409 g/mol. The number of aromatic nitrogens is 3. The van der Waals surface area contributed by atoms with Crippen molar-refractivity contribution in [2.75, 3.05) is 5.32 Å². The zero-order valence-electron chi connectivity index (χ0n) is 16.1. The van der Waals surface area contributed by atoms with Crippen molar-refractivity contribution in [2.45, 2.75) is 0 Å². The highest BCUT2D eigenvalue weighted by molar-refractivity contribution is 5.93. The second-order valence-corrected chi connectivity index (χ2v) is 6.74. The summed E-state index contributed by atoms with van der Waals surface area (Å²) in [6, 6.07) is 22.4. The lowest BCUT2D eigenvalue weighted by Gasteiger charge is -2.11. The highest BCUT2D eigenvalue weighted by atomic mass is 16.6. The van der Waals surface area contributed by atoms with Crippen molar-refractivity contribution in [3.63, 3.8) is 0 Å². The van der Waals surface area contributed by atoms with E-state index in [1.807, 2.05) is 54.6 Å². The molecule has 1 N–H and O–H groups in total. The van der Waals surface area contributed by atoms with Crippen molar-refractivity contribution in [3.8, 4) is 11.6 Å². The van der Waals surface area contributed by atoms with Gasteiger partial charge in [-0.3, -0.25) is 15.1 Å². The lowest BCUT2D eigenvalue weighted by Crippen LogP contribution is -2.04. The van der Waals surface area contributed by atoms with E-state index >= 15 is 0 Å². The van der Waals surface area contributed by atoms with Gasteiger partial charge in [-0.2, -0.15) is 4.98 Å². The van der Waals surface area contributed by atoms with Gasteiger partial charge in [0.2, 0.25) is 5.82 Å². The maximum atomic E-state index is 11.9. The summed E-state index contributed by atoms with van der Waals surface area (Å²) in [5, 5.41) is 17.7. The Morgan fingerprint density at radius 1 is 0.871 bits per heavy atom. The molecule has 0 unspecified atom stereocenters. The fraction of sp³-hybridized carbons (Fsp3) is 0. The van der Waals surface area contributed by atoms with Gasteiger partial charge in [0.15, 0.2) is 0 Å². The number of fused-ring (bicyclic) bond motifs is 2. The van der Waals surface area contributed by atoms with Gasteiger partial charge in [0.25, 0.3) is 0 Å². The first-order valence-electron chi connectivity index (χ1n) is 9.46. The van der Waals surface area contributed by atoms with Crippen molar-refractivity contribution in [1.29, 1.82) is 0 Å². The number of hydrogen-bond donors (Lipinski definition) is 1. The second-order valence-electron chi connectivity index (χ2n) is 6.74. The predicted octanol–water partition coefficient (Wildman–Crippen LogP) is 5.62. The number of benzene rings is 3. The van der Waals surface area contributed by atoms with Gasteiger partial charge in [-0.1, -0.05) is 36.4 Å². The Morgan fingerprint density at radius 3 is 2.61 bits per heavy atom. The highest BCUT2D eigenvalue weighted by Crippen LogP contribution is 2.37. The van der Waals surface area contributed by atoms with E-state index < -0.39 is 4.92 Å². The van der Waals surface area contributed by atoms with Crippen molar-refractivity contribution < 1.29 is 9.66 Å². The van der Waals surface area contributed by atoms with Gasteiger partial charge in [0.05, 0.1) is 10.4 Å². The van der Waals surface area contributed by atoms with E-state index in [-0.39, 0.29) is 17.4 Å². The Kier molecular flexibility index (Phi) is 4.57. The molecular weight excluding hydrogens is 394 g/mol. The molecule has 2 aromatic heterocycles.